The molecule has 4 rings (SSSR count). The fourth-order valence-electron chi connectivity index (χ4n) is 2.53. The van der Waals surface area contributed by atoms with E-state index in [0.29, 0.717) is 21.4 Å². The first kappa shape index (κ1) is 18.3. The van der Waals surface area contributed by atoms with Crippen LogP contribution in [0, 0.1) is 0 Å². The molecule has 0 radical (unpaired) electrons. The molecule has 0 unspecified atom stereocenters. The lowest BCUT2D eigenvalue weighted by molar-refractivity contribution is -0.122. The van der Waals surface area contributed by atoms with Crippen molar-refractivity contribution in [1.82, 2.24) is 4.90 Å². The lowest BCUT2D eigenvalue weighted by Gasteiger charge is -2.12. The number of hydrogen-bond acceptors (Lipinski definition) is 7. The van der Waals surface area contributed by atoms with Crippen LogP contribution in [0.1, 0.15) is 16.2 Å². The molecule has 28 heavy (non-hydrogen) atoms. The van der Waals surface area contributed by atoms with Crippen LogP contribution >= 0.6 is 23.1 Å². The zero-order chi connectivity index (χ0) is 19.3. The molecule has 1 amide bonds. The van der Waals surface area contributed by atoms with Crippen LogP contribution in [-0.2, 0) is 11.3 Å². The van der Waals surface area contributed by atoms with Crippen molar-refractivity contribution in [3.05, 3.63) is 81.3 Å². The van der Waals surface area contributed by atoms with Gasteiger partial charge in [0, 0.05) is 10.4 Å². The fourth-order valence-corrected chi connectivity index (χ4v) is 4.04. The standard InChI is InChI=1S/C20H15N3O3S2/c24-17-8-2-1-5-14(17)11-18-19(25)23(13-15-6-3-9-26-15)20(28-18)22-21-12-16-7-4-10-27-16/h1-12,24H,13H2/b18-11-,21-12+,22-20-. The molecule has 1 saturated heterocycles. The van der Waals surface area contributed by atoms with E-state index in [0.717, 1.165) is 4.88 Å². The summed E-state index contributed by atoms with van der Waals surface area (Å²) in [7, 11) is 0. The molecule has 0 bridgehead atoms. The monoisotopic (exact) mass is 409 g/mol. The molecule has 0 spiro atoms. The number of amides is 1. The molecular weight excluding hydrogens is 394 g/mol. The summed E-state index contributed by atoms with van der Waals surface area (Å²) in [5.41, 5.74) is 0.569. The molecule has 140 valence electrons. The number of para-hydroxylation sites is 1. The first-order valence-corrected chi connectivity index (χ1v) is 10.1. The molecule has 6 nitrogen and oxygen atoms in total. The summed E-state index contributed by atoms with van der Waals surface area (Å²) in [4.78, 5) is 15.9. The van der Waals surface area contributed by atoms with Crippen LogP contribution in [0.2, 0.25) is 0 Å². The largest absolute Gasteiger partial charge is 0.507 e. The van der Waals surface area contributed by atoms with E-state index in [9.17, 15) is 9.90 Å². The summed E-state index contributed by atoms with van der Waals surface area (Å²) in [5.74, 6) is 0.546. The summed E-state index contributed by atoms with van der Waals surface area (Å²) < 4.78 is 5.37. The van der Waals surface area contributed by atoms with E-state index >= 15 is 0 Å². The second kappa shape index (κ2) is 8.28. The summed E-state index contributed by atoms with van der Waals surface area (Å²) in [6.45, 7) is 0.254. The summed E-state index contributed by atoms with van der Waals surface area (Å²) in [5, 5.41) is 20.8. The second-order valence-corrected chi connectivity index (χ2v) is 7.77. The number of amidine groups is 1. The molecule has 1 aliphatic rings. The number of carbonyl (C=O) groups is 1. The van der Waals surface area contributed by atoms with Crippen LogP contribution in [-0.4, -0.2) is 27.3 Å². The summed E-state index contributed by atoms with van der Waals surface area (Å²) in [6, 6.07) is 14.3. The van der Waals surface area contributed by atoms with Gasteiger partial charge in [-0.05, 0) is 47.5 Å². The van der Waals surface area contributed by atoms with Gasteiger partial charge in [0.1, 0.15) is 11.5 Å². The van der Waals surface area contributed by atoms with Gasteiger partial charge in [0.15, 0.2) is 5.17 Å². The maximum Gasteiger partial charge on any atom is 0.267 e. The average molecular weight is 409 g/mol. The average Bonchev–Trinajstić information content (AvgIpc) is 3.44. The normalized spacial score (nSPS) is 17.4. The molecule has 1 aliphatic heterocycles. The van der Waals surface area contributed by atoms with Gasteiger partial charge in [-0.1, -0.05) is 24.3 Å². The van der Waals surface area contributed by atoms with Crippen LogP contribution in [0.15, 0.2) is 79.7 Å². The van der Waals surface area contributed by atoms with Crippen molar-refractivity contribution in [2.45, 2.75) is 6.54 Å². The van der Waals surface area contributed by atoms with Gasteiger partial charge in [-0.25, -0.2) is 0 Å². The van der Waals surface area contributed by atoms with Crippen LogP contribution < -0.4 is 0 Å². The number of hydrogen-bond donors (Lipinski definition) is 1. The molecule has 0 saturated carbocycles. The number of carbonyl (C=O) groups excluding carboxylic acids is 1. The highest BCUT2D eigenvalue weighted by atomic mass is 32.2. The third kappa shape index (κ3) is 4.08. The fraction of sp³-hybridized carbons (Fsp3) is 0.0500. The van der Waals surface area contributed by atoms with Gasteiger partial charge in [0.2, 0.25) is 0 Å². The predicted octanol–water partition coefficient (Wildman–Crippen LogP) is 4.55. The maximum absolute atomic E-state index is 12.9. The number of phenols is 1. The van der Waals surface area contributed by atoms with E-state index in [4.69, 9.17) is 4.42 Å². The number of thioether (sulfide) groups is 1. The van der Waals surface area contributed by atoms with Crippen molar-refractivity contribution in [1.29, 1.82) is 0 Å². The topological polar surface area (TPSA) is 78.4 Å². The zero-order valence-electron chi connectivity index (χ0n) is 14.6. The van der Waals surface area contributed by atoms with E-state index in [1.54, 1.807) is 66.3 Å². The third-order valence-electron chi connectivity index (χ3n) is 3.88. The van der Waals surface area contributed by atoms with Gasteiger partial charge in [-0.3, -0.25) is 9.69 Å². The van der Waals surface area contributed by atoms with Crippen molar-refractivity contribution >= 4 is 46.5 Å². The number of rotatable bonds is 5. The Morgan fingerprint density at radius 3 is 2.79 bits per heavy atom. The highest BCUT2D eigenvalue weighted by Gasteiger charge is 2.34. The molecular formula is C20H15N3O3S2. The van der Waals surface area contributed by atoms with Crippen molar-refractivity contribution in [3.63, 3.8) is 0 Å². The van der Waals surface area contributed by atoms with Crippen molar-refractivity contribution in [2.24, 2.45) is 10.2 Å². The lowest BCUT2D eigenvalue weighted by Crippen LogP contribution is -2.28. The Bertz CT molecular complexity index is 1050. The van der Waals surface area contributed by atoms with E-state index in [-0.39, 0.29) is 18.2 Å². The molecule has 2 aromatic heterocycles. The predicted molar refractivity (Wildman–Crippen MR) is 112 cm³/mol. The molecule has 3 heterocycles. The minimum atomic E-state index is -0.213. The minimum Gasteiger partial charge on any atom is -0.507 e. The number of nitrogens with zero attached hydrogens (tertiary/aromatic N) is 3. The molecule has 0 aliphatic carbocycles. The molecule has 3 aromatic rings. The van der Waals surface area contributed by atoms with Crippen molar-refractivity contribution in [2.75, 3.05) is 0 Å². The quantitative estimate of drug-likeness (QED) is 0.381. The summed E-state index contributed by atoms with van der Waals surface area (Å²) >= 11 is 2.77. The minimum absolute atomic E-state index is 0.113. The van der Waals surface area contributed by atoms with Gasteiger partial charge in [-0.2, -0.15) is 5.10 Å². The van der Waals surface area contributed by atoms with E-state index in [1.807, 2.05) is 17.5 Å². The van der Waals surface area contributed by atoms with Gasteiger partial charge < -0.3 is 9.52 Å². The first-order valence-electron chi connectivity index (χ1n) is 8.37. The van der Waals surface area contributed by atoms with E-state index < -0.39 is 0 Å². The van der Waals surface area contributed by atoms with Crippen molar-refractivity contribution in [3.8, 4) is 5.75 Å². The number of phenolic OH excluding ortho intramolecular Hbond substituents is 1. The Kier molecular flexibility index (Phi) is 5.41. The number of aromatic hydroxyl groups is 1. The molecule has 1 N–H and O–H groups in total. The highest BCUT2D eigenvalue weighted by Crippen LogP contribution is 2.35. The Labute approximate surface area is 169 Å². The SMILES string of the molecule is O=C1/C(=C/c2ccccc2O)S/C(=N\N=C\c2cccs2)N1Cc1ccco1. The van der Waals surface area contributed by atoms with Crippen LogP contribution in [0.4, 0.5) is 0 Å². The van der Waals surface area contributed by atoms with Crippen LogP contribution in [0.5, 0.6) is 5.75 Å². The van der Waals surface area contributed by atoms with Gasteiger partial charge in [0.25, 0.3) is 5.91 Å². The van der Waals surface area contributed by atoms with E-state index in [2.05, 4.69) is 10.2 Å². The Balaban J connectivity index is 1.64. The Morgan fingerprint density at radius 2 is 2.04 bits per heavy atom. The third-order valence-corrected chi connectivity index (χ3v) is 5.68. The molecule has 0 atom stereocenters. The highest BCUT2D eigenvalue weighted by molar-refractivity contribution is 8.18. The maximum atomic E-state index is 12.9. The smallest absolute Gasteiger partial charge is 0.267 e. The Hall–Kier alpha value is -3.10. The molecule has 8 heteroatoms. The number of thiophene rings is 1. The van der Waals surface area contributed by atoms with Crippen molar-refractivity contribution < 1.29 is 14.3 Å². The molecule has 1 fully saturated rings. The Morgan fingerprint density at radius 1 is 1.14 bits per heavy atom. The number of furan rings is 1. The first-order chi connectivity index (χ1) is 13.7. The van der Waals surface area contributed by atoms with Gasteiger partial charge in [0.05, 0.1) is 23.9 Å². The van der Waals surface area contributed by atoms with E-state index in [1.165, 1.54) is 16.7 Å². The summed E-state index contributed by atoms with van der Waals surface area (Å²) in [6.07, 6.45) is 4.87. The molecule has 1 aromatic carbocycles. The number of benzene rings is 1. The van der Waals surface area contributed by atoms with Crippen LogP contribution in [0.3, 0.4) is 0 Å². The van der Waals surface area contributed by atoms with Gasteiger partial charge >= 0.3 is 0 Å². The van der Waals surface area contributed by atoms with Crippen LogP contribution in [0.25, 0.3) is 6.08 Å². The van der Waals surface area contributed by atoms with Gasteiger partial charge in [-0.15, -0.1) is 16.4 Å². The lowest BCUT2D eigenvalue weighted by atomic mass is 10.2. The zero-order valence-corrected chi connectivity index (χ0v) is 16.2. The second-order valence-electron chi connectivity index (χ2n) is 5.78.